The number of nitrogens with zero attached hydrogens (tertiary/aromatic N) is 4. The van der Waals surface area contributed by atoms with Gasteiger partial charge in [0.2, 0.25) is 5.91 Å². The monoisotopic (exact) mass is 321 g/mol. The van der Waals surface area contributed by atoms with E-state index in [2.05, 4.69) is 15.5 Å². The minimum absolute atomic E-state index is 0.105. The maximum absolute atomic E-state index is 11.9. The first-order chi connectivity index (χ1) is 10.2. The van der Waals surface area contributed by atoms with E-state index in [0.29, 0.717) is 12.4 Å². The summed E-state index contributed by atoms with van der Waals surface area (Å²) in [7, 11) is 0. The normalized spacial score (nSPS) is 10.7. The molecule has 108 valence electrons. The zero-order valence-electron chi connectivity index (χ0n) is 10.8. The fourth-order valence-electron chi connectivity index (χ4n) is 1.77. The molecule has 1 amide bonds. The van der Waals surface area contributed by atoms with E-state index < -0.39 is 0 Å². The molecular weight excluding hydrogens is 310 g/mol. The van der Waals surface area contributed by atoms with Crippen molar-refractivity contribution in [3.05, 3.63) is 49.8 Å². The number of carbonyl (C=O) groups excluding carboxylic acids is 1. The highest BCUT2D eigenvalue weighted by Crippen LogP contribution is 2.14. The molecule has 0 aromatic carbocycles. The van der Waals surface area contributed by atoms with E-state index in [1.54, 1.807) is 28.3 Å². The number of anilines is 1. The van der Waals surface area contributed by atoms with Crippen molar-refractivity contribution < 1.29 is 4.79 Å². The molecular formula is C12H11N5O2S2. The van der Waals surface area contributed by atoms with Crippen molar-refractivity contribution in [2.24, 2.45) is 0 Å². The molecule has 0 fully saturated rings. The molecule has 0 spiro atoms. The van der Waals surface area contributed by atoms with Gasteiger partial charge in [0, 0.05) is 10.9 Å². The third kappa shape index (κ3) is 3.26. The molecule has 0 unspecified atom stereocenters. The van der Waals surface area contributed by atoms with E-state index in [-0.39, 0.29) is 17.3 Å². The molecule has 0 saturated carbocycles. The Morgan fingerprint density at radius 2 is 2.14 bits per heavy atom. The Labute approximate surface area is 127 Å². The van der Waals surface area contributed by atoms with Gasteiger partial charge in [0.25, 0.3) is 0 Å². The van der Waals surface area contributed by atoms with Gasteiger partial charge in [-0.1, -0.05) is 17.4 Å². The Balaban J connectivity index is 1.68. The summed E-state index contributed by atoms with van der Waals surface area (Å²) in [5, 5.41) is 12.7. The number of rotatable bonds is 5. The smallest absolute Gasteiger partial charge is 0.309 e. The zero-order valence-corrected chi connectivity index (χ0v) is 12.4. The van der Waals surface area contributed by atoms with Crippen LogP contribution in [-0.2, 0) is 17.9 Å². The number of thiophene rings is 1. The predicted octanol–water partition coefficient (Wildman–Crippen LogP) is 1.25. The summed E-state index contributed by atoms with van der Waals surface area (Å²) < 4.78 is 2.83. The van der Waals surface area contributed by atoms with Crippen molar-refractivity contribution in [1.82, 2.24) is 19.6 Å². The van der Waals surface area contributed by atoms with Gasteiger partial charge in [0.15, 0.2) is 0 Å². The SMILES string of the molecule is O=C(Cn1ncsc1=O)Nc1ccnn1Cc1cccs1. The fourth-order valence-corrected chi connectivity index (χ4v) is 2.94. The van der Waals surface area contributed by atoms with Gasteiger partial charge in [-0.05, 0) is 11.4 Å². The molecule has 0 atom stereocenters. The summed E-state index contributed by atoms with van der Waals surface area (Å²) in [6.07, 6.45) is 1.62. The molecule has 7 nitrogen and oxygen atoms in total. The average Bonchev–Trinajstić information content (AvgIpc) is 3.17. The van der Waals surface area contributed by atoms with E-state index in [4.69, 9.17) is 0 Å². The summed E-state index contributed by atoms with van der Waals surface area (Å²) >= 11 is 2.59. The van der Waals surface area contributed by atoms with Gasteiger partial charge >= 0.3 is 4.87 Å². The standard InChI is InChI=1S/C12H11N5O2S2/c18-11(7-17-12(19)21-8-14-17)15-10-3-4-13-16(10)6-9-2-1-5-20-9/h1-5,8H,6-7H2,(H,15,18). The molecule has 21 heavy (non-hydrogen) atoms. The largest absolute Gasteiger partial charge is 0.325 e. The number of aromatic nitrogens is 4. The molecule has 0 aliphatic heterocycles. The molecule has 1 N–H and O–H groups in total. The van der Waals surface area contributed by atoms with Crippen LogP contribution in [0.4, 0.5) is 5.82 Å². The van der Waals surface area contributed by atoms with Crippen LogP contribution in [0.5, 0.6) is 0 Å². The highest BCUT2D eigenvalue weighted by molar-refractivity contribution is 7.09. The minimum Gasteiger partial charge on any atom is -0.309 e. The third-order valence-electron chi connectivity index (χ3n) is 2.71. The van der Waals surface area contributed by atoms with Crippen LogP contribution < -0.4 is 10.2 Å². The molecule has 3 aromatic heterocycles. The van der Waals surface area contributed by atoms with Crippen LogP contribution in [0.2, 0.25) is 0 Å². The molecule has 0 saturated heterocycles. The van der Waals surface area contributed by atoms with Crippen molar-refractivity contribution >= 4 is 34.4 Å². The van der Waals surface area contributed by atoms with Gasteiger partial charge in [-0.25, -0.2) is 9.36 Å². The first-order valence-corrected chi connectivity index (χ1v) is 7.83. The number of amides is 1. The lowest BCUT2D eigenvalue weighted by Gasteiger charge is -2.07. The molecule has 0 aliphatic rings. The summed E-state index contributed by atoms with van der Waals surface area (Å²) in [6, 6.07) is 5.69. The van der Waals surface area contributed by atoms with Crippen molar-refractivity contribution in [2.45, 2.75) is 13.1 Å². The maximum Gasteiger partial charge on any atom is 0.325 e. The number of hydrogen-bond donors (Lipinski definition) is 1. The Hall–Kier alpha value is -2.26. The van der Waals surface area contributed by atoms with Crippen LogP contribution in [-0.4, -0.2) is 25.5 Å². The topological polar surface area (TPSA) is 81.8 Å². The number of nitrogens with one attached hydrogen (secondary N) is 1. The lowest BCUT2D eigenvalue weighted by molar-refractivity contribution is -0.117. The van der Waals surface area contributed by atoms with Gasteiger partial charge in [0.1, 0.15) is 17.9 Å². The van der Waals surface area contributed by atoms with Gasteiger partial charge < -0.3 is 5.32 Å². The van der Waals surface area contributed by atoms with Crippen molar-refractivity contribution in [1.29, 1.82) is 0 Å². The second-order valence-electron chi connectivity index (χ2n) is 4.16. The summed E-state index contributed by atoms with van der Waals surface area (Å²) in [6.45, 7) is 0.490. The van der Waals surface area contributed by atoms with Crippen LogP contribution in [0.3, 0.4) is 0 Å². The first-order valence-electron chi connectivity index (χ1n) is 6.07. The van der Waals surface area contributed by atoms with E-state index in [0.717, 1.165) is 20.9 Å². The highest BCUT2D eigenvalue weighted by atomic mass is 32.1. The maximum atomic E-state index is 11.9. The molecule has 0 aliphatic carbocycles. The van der Waals surface area contributed by atoms with Crippen molar-refractivity contribution in [3.8, 4) is 0 Å². The minimum atomic E-state index is -0.309. The van der Waals surface area contributed by atoms with Crippen molar-refractivity contribution in [3.63, 3.8) is 0 Å². The van der Waals surface area contributed by atoms with E-state index >= 15 is 0 Å². The Kier molecular flexibility index (Phi) is 3.93. The Bertz CT molecular complexity index is 787. The second-order valence-corrected chi connectivity index (χ2v) is 5.99. The molecule has 3 aromatic rings. The van der Waals surface area contributed by atoms with Crippen LogP contribution in [0, 0.1) is 0 Å². The van der Waals surface area contributed by atoms with Crippen molar-refractivity contribution in [2.75, 3.05) is 5.32 Å². The Morgan fingerprint density at radius 3 is 2.86 bits per heavy atom. The molecule has 0 radical (unpaired) electrons. The molecule has 0 bridgehead atoms. The van der Waals surface area contributed by atoms with E-state index in [9.17, 15) is 9.59 Å². The number of hydrogen-bond acceptors (Lipinski definition) is 6. The second kappa shape index (κ2) is 6.02. The third-order valence-corrected chi connectivity index (χ3v) is 4.19. The molecule has 3 rings (SSSR count). The zero-order chi connectivity index (χ0) is 14.7. The summed E-state index contributed by atoms with van der Waals surface area (Å²) in [5.41, 5.74) is 1.41. The van der Waals surface area contributed by atoms with Crippen LogP contribution >= 0.6 is 22.7 Å². The Morgan fingerprint density at radius 1 is 1.24 bits per heavy atom. The first kappa shape index (κ1) is 13.7. The fraction of sp³-hybridized carbons (Fsp3) is 0.167. The quantitative estimate of drug-likeness (QED) is 0.767. The highest BCUT2D eigenvalue weighted by Gasteiger charge is 2.10. The molecule has 3 heterocycles. The van der Waals surface area contributed by atoms with E-state index in [1.807, 2.05) is 17.5 Å². The predicted molar refractivity (Wildman–Crippen MR) is 80.7 cm³/mol. The van der Waals surface area contributed by atoms with Gasteiger partial charge in [-0.2, -0.15) is 10.2 Å². The van der Waals surface area contributed by atoms with Gasteiger partial charge in [0.05, 0.1) is 12.7 Å². The number of carbonyl (C=O) groups is 1. The van der Waals surface area contributed by atoms with Crippen LogP contribution in [0.25, 0.3) is 0 Å². The summed E-state index contributed by atoms with van der Waals surface area (Å²) in [5.74, 6) is 0.285. The van der Waals surface area contributed by atoms with E-state index in [1.165, 1.54) is 5.51 Å². The van der Waals surface area contributed by atoms with Gasteiger partial charge in [-0.15, -0.1) is 11.3 Å². The lowest BCUT2D eigenvalue weighted by atomic mass is 10.4. The average molecular weight is 321 g/mol. The van der Waals surface area contributed by atoms with Crippen LogP contribution in [0.1, 0.15) is 4.88 Å². The molecule has 9 heteroatoms. The van der Waals surface area contributed by atoms with Crippen LogP contribution in [0.15, 0.2) is 40.1 Å². The lowest BCUT2D eigenvalue weighted by Crippen LogP contribution is -2.26. The van der Waals surface area contributed by atoms with Gasteiger partial charge in [-0.3, -0.25) is 9.59 Å². The summed E-state index contributed by atoms with van der Waals surface area (Å²) in [4.78, 5) is 24.2.